The Kier molecular flexibility index (Phi) is 8.45. The van der Waals surface area contributed by atoms with Crippen LogP contribution >= 0.6 is 23.1 Å². The Hall–Kier alpha value is -3.74. The van der Waals surface area contributed by atoms with Gasteiger partial charge in [0.25, 0.3) is 5.56 Å². The van der Waals surface area contributed by atoms with Crippen molar-refractivity contribution in [3.63, 3.8) is 0 Å². The Morgan fingerprint density at radius 1 is 1.24 bits per heavy atom. The maximum absolute atomic E-state index is 13.8. The summed E-state index contributed by atoms with van der Waals surface area (Å²) in [5, 5.41) is 0. The number of carbonyl (C=O) groups is 1. The van der Waals surface area contributed by atoms with E-state index >= 15 is 0 Å². The lowest BCUT2D eigenvalue weighted by Gasteiger charge is -2.25. The van der Waals surface area contributed by atoms with E-state index in [0.29, 0.717) is 32.1 Å². The smallest absolute Gasteiger partial charge is 0.338 e. The highest BCUT2D eigenvalue weighted by Crippen LogP contribution is 2.32. The number of terminal acetylenes is 1. The van der Waals surface area contributed by atoms with E-state index in [1.807, 2.05) is 36.6 Å². The van der Waals surface area contributed by atoms with Gasteiger partial charge in [-0.15, -0.1) is 18.2 Å². The number of aromatic nitrogens is 1. The van der Waals surface area contributed by atoms with Crippen LogP contribution in [0.2, 0.25) is 0 Å². The maximum Gasteiger partial charge on any atom is 0.338 e. The minimum atomic E-state index is -0.662. The number of thioether (sulfide) groups is 1. The standard InChI is InChI=1S/C29H28N2O5S2/c1-7-14-35-22-13-8-19(15-23(22)34-5)16-24-27(32)31-26(20-9-11-21(37-6)12-10-20)25(28(33)36-17(2)3)18(4)30-29(31)38-24/h1,8-13,15-17,26H,14H2,2-6H3/b24-16-/t26-/m1/s1. The van der Waals surface area contributed by atoms with Gasteiger partial charge in [0.15, 0.2) is 16.3 Å². The van der Waals surface area contributed by atoms with E-state index in [1.54, 1.807) is 62.4 Å². The summed E-state index contributed by atoms with van der Waals surface area (Å²) >= 11 is 2.89. The third-order valence-corrected chi connectivity index (χ3v) is 7.54. The lowest BCUT2D eigenvalue weighted by Crippen LogP contribution is -2.40. The number of nitrogens with zero attached hydrogens (tertiary/aromatic N) is 2. The van der Waals surface area contributed by atoms with Crippen LogP contribution in [0.1, 0.15) is 37.9 Å². The topological polar surface area (TPSA) is 79.1 Å². The summed E-state index contributed by atoms with van der Waals surface area (Å²) in [4.78, 5) is 33.3. The summed E-state index contributed by atoms with van der Waals surface area (Å²) in [6.45, 7) is 5.48. The molecule has 0 radical (unpaired) electrons. The number of esters is 1. The molecule has 3 aromatic rings. The maximum atomic E-state index is 13.8. The van der Waals surface area contributed by atoms with Crippen molar-refractivity contribution in [3.8, 4) is 23.8 Å². The minimum absolute atomic E-state index is 0.118. The number of rotatable bonds is 8. The molecule has 0 fully saturated rings. The molecule has 38 heavy (non-hydrogen) atoms. The number of carbonyl (C=O) groups excluding carboxylic acids is 1. The number of hydrogen-bond donors (Lipinski definition) is 0. The normalized spacial score (nSPS) is 15.1. The molecule has 2 heterocycles. The molecule has 4 rings (SSSR count). The van der Waals surface area contributed by atoms with E-state index in [1.165, 1.54) is 11.3 Å². The molecule has 1 atom stereocenters. The molecule has 1 aliphatic rings. The number of hydrogen-bond acceptors (Lipinski definition) is 8. The molecular formula is C29H28N2O5S2. The third-order valence-electron chi connectivity index (χ3n) is 5.81. The van der Waals surface area contributed by atoms with E-state index in [-0.39, 0.29) is 18.3 Å². The molecule has 0 saturated carbocycles. The third kappa shape index (κ3) is 5.57. The minimum Gasteiger partial charge on any atom is -0.493 e. The molecule has 0 spiro atoms. The number of methoxy groups -OCH3 is 1. The number of thiazole rings is 1. The molecule has 0 bridgehead atoms. The monoisotopic (exact) mass is 548 g/mol. The van der Waals surface area contributed by atoms with Gasteiger partial charge in [0.1, 0.15) is 6.61 Å². The Morgan fingerprint density at radius 2 is 1.97 bits per heavy atom. The van der Waals surface area contributed by atoms with Crippen LogP contribution in [0, 0.1) is 12.3 Å². The van der Waals surface area contributed by atoms with E-state index in [0.717, 1.165) is 16.0 Å². The predicted molar refractivity (Wildman–Crippen MR) is 151 cm³/mol. The second-order valence-corrected chi connectivity index (χ2v) is 10.6. The van der Waals surface area contributed by atoms with Crippen molar-refractivity contribution in [1.82, 2.24) is 4.57 Å². The molecule has 0 unspecified atom stereocenters. The Balaban J connectivity index is 1.87. The van der Waals surface area contributed by atoms with E-state index in [2.05, 4.69) is 10.9 Å². The average Bonchev–Trinajstić information content (AvgIpc) is 3.20. The summed E-state index contributed by atoms with van der Waals surface area (Å²) in [5.41, 5.74) is 2.18. The SMILES string of the molecule is C#CCOc1ccc(/C=c2\sc3n(c2=O)[C@H](c2ccc(SC)cc2)C(C(=O)OC(C)C)=C(C)N=3)cc1OC. The fraction of sp³-hybridized carbons (Fsp3) is 0.276. The number of benzene rings is 2. The highest BCUT2D eigenvalue weighted by Gasteiger charge is 2.33. The predicted octanol–water partition coefficient (Wildman–Crippen LogP) is 3.93. The second-order valence-electron chi connectivity index (χ2n) is 8.71. The van der Waals surface area contributed by atoms with Gasteiger partial charge in [0, 0.05) is 4.90 Å². The lowest BCUT2D eigenvalue weighted by molar-refractivity contribution is -0.143. The number of fused-ring (bicyclic) bond motifs is 1. The molecule has 2 aromatic carbocycles. The van der Waals surface area contributed by atoms with Gasteiger partial charge >= 0.3 is 5.97 Å². The molecule has 1 aliphatic heterocycles. The fourth-order valence-corrected chi connectivity index (χ4v) is 5.58. The summed E-state index contributed by atoms with van der Waals surface area (Å²) in [6.07, 6.45) is 8.75. The molecule has 0 N–H and O–H groups in total. The van der Waals surface area contributed by atoms with Crippen molar-refractivity contribution < 1.29 is 19.0 Å². The first-order valence-corrected chi connectivity index (χ1v) is 13.9. The molecular weight excluding hydrogens is 520 g/mol. The van der Waals surface area contributed by atoms with Crippen molar-refractivity contribution in [3.05, 3.63) is 84.5 Å². The molecule has 9 heteroatoms. The average molecular weight is 549 g/mol. The van der Waals surface area contributed by atoms with Crippen molar-refractivity contribution in [2.24, 2.45) is 4.99 Å². The summed E-state index contributed by atoms with van der Waals surface area (Å²) in [7, 11) is 1.54. The largest absolute Gasteiger partial charge is 0.493 e. The van der Waals surface area contributed by atoms with E-state index < -0.39 is 12.0 Å². The van der Waals surface area contributed by atoms with Crippen LogP contribution < -0.4 is 24.4 Å². The quantitative estimate of drug-likeness (QED) is 0.241. The van der Waals surface area contributed by atoms with Gasteiger partial charge in [-0.25, -0.2) is 9.79 Å². The molecule has 0 aliphatic carbocycles. The van der Waals surface area contributed by atoms with Crippen LogP contribution in [0.3, 0.4) is 0 Å². The molecule has 1 aromatic heterocycles. The van der Waals surface area contributed by atoms with Crippen molar-refractivity contribution in [2.75, 3.05) is 20.0 Å². The van der Waals surface area contributed by atoms with Crippen LogP contribution in [0.15, 0.2) is 68.4 Å². The molecule has 0 amide bonds. The molecule has 7 nitrogen and oxygen atoms in total. The van der Waals surface area contributed by atoms with Crippen LogP contribution in [0.25, 0.3) is 6.08 Å². The Labute approximate surface area is 229 Å². The van der Waals surface area contributed by atoms with Crippen molar-refractivity contribution >= 4 is 35.1 Å². The van der Waals surface area contributed by atoms with Gasteiger partial charge in [-0.1, -0.05) is 35.5 Å². The lowest BCUT2D eigenvalue weighted by atomic mass is 9.96. The summed E-state index contributed by atoms with van der Waals surface area (Å²) < 4.78 is 18.6. The Bertz CT molecular complexity index is 1610. The van der Waals surface area contributed by atoms with Gasteiger partial charge in [-0.3, -0.25) is 9.36 Å². The van der Waals surface area contributed by atoms with Gasteiger partial charge < -0.3 is 14.2 Å². The second kappa shape index (κ2) is 11.8. The van der Waals surface area contributed by atoms with Crippen molar-refractivity contribution in [1.29, 1.82) is 0 Å². The fourth-order valence-electron chi connectivity index (χ4n) is 4.13. The van der Waals surface area contributed by atoms with Gasteiger partial charge in [0.2, 0.25) is 0 Å². The van der Waals surface area contributed by atoms with Crippen LogP contribution in [-0.2, 0) is 9.53 Å². The van der Waals surface area contributed by atoms with Crippen LogP contribution in [0.5, 0.6) is 11.5 Å². The number of allylic oxidation sites excluding steroid dienone is 1. The van der Waals surface area contributed by atoms with Gasteiger partial charge in [-0.05, 0) is 68.5 Å². The van der Waals surface area contributed by atoms with Crippen LogP contribution in [0.4, 0.5) is 0 Å². The number of ether oxygens (including phenoxy) is 3. The van der Waals surface area contributed by atoms with Gasteiger partial charge in [-0.2, -0.15) is 0 Å². The first-order valence-electron chi connectivity index (χ1n) is 11.9. The van der Waals surface area contributed by atoms with Gasteiger partial charge in [0.05, 0.1) is 35.1 Å². The summed E-state index contributed by atoms with van der Waals surface area (Å²) in [5.74, 6) is 2.96. The van der Waals surface area contributed by atoms with E-state index in [4.69, 9.17) is 20.6 Å². The zero-order valence-electron chi connectivity index (χ0n) is 21.8. The highest BCUT2D eigenvalue weighted by molar-refractivity contribution is 7.98. The zero-order chi connectivity index (χ0) is 27.4. The van der Waals surface area contributed by atoms with Crippen LogP contribution in [-0.4, -0.2) is 36.6 Å². The molecule has 196 valence electrons. The first kappa shape index (κ1) is 27.3. The highest BCUT2D eigenvalue weighted by atomic mass is 32.2. The summed E-state index contributed by atoms with van der Waals surface area (Å²) in [6, 6.07) is 12.5. The Morgan fingerprint density at radius 3 is 2.61 bits per heavy atom. The zero-order valence-corrected chi connectivity index (χ0v) is 23.4. The molecule has 0 saturated heterocycles. The van der Waals surface area contributed by atoms with E-state index in [9.17, 15) is 9.59 Å². The first-order chi connectivity index (χ1) is 18.3. The van der Waals surface area contributed by atoms with Crippen molar-refractivity contribution in [2.45, 2.75) is 37.8 Å².